The first-order valence-corrected chi connectivity index (χ1v) is 8.36. The lowest BCUT2D eigenvalue weighted by Gasteiger charge is -2.37. The fourth-order valence-corrected chi connectivity index (χ4v) is 2.92. The highest BCUT2D eigenvalue weighted by Crippen LogP contribution is 2.15. The number of halogens is 1. The number of piperazine rings is 1. The lowest BCUT2D eigenvalue weighted by Crippen LogP contribution is -2.52. The van der Waals surface area contributed by atoms with Crippen molar-refractivity contribution in [1.82, 2.24) is 15.2 Å². The van der Waals surface area contributed by atoms with Gasteiger partial charge in [0.05, 0.1) is 12.2 Å². The Balaban J connectivity index is 0.00000225. The van der Waals surface area contributed by atoms with Crippen LogP contribution >= 0.6 is 24.0 Å². The van der Waals surface area contributed by atoms with Crippen LogP contribution in [0, 0.1) is 13.8 Å². The zero-order chi connectivity index (χ0) is 16.9. The van der Waals surface area contributed by atoms with E-state index in [0.29, 0.717) is 12.4 Å². The number of benzene rings is 1. The first kappa shape index (κ1) is 19.6. The Morgan fingerprint density at radius 3 is 2.40 bits per heavy atom. The molecule has 7 heteroatoms. The van der Waals surface area contributed by atoms with Crippen molar-refractivity contribution in [2.75, 3.05) is 38.1 Å². The maximum absolute atomic E-state index is 5.62. The molecule has 1 aliphatic rings. The molecule has 3 rings (SSSR count). The third-order valence-electron chi connectivity index (χ3n) is 4.38. The van der Waals surface area contributed by atoms with E-state index < -0.39 is 0 Å². The smallest absolute Gasteiger partial charge is 0.214 e. The van der Waals surface area contributed by atoms with Crippen molar-refractivity contribution in [3.63, 3.8) is 0 Å². The Morgan fingerprint density at radius 2 is 1.84 bits per heavy atom. The monoisotopic (exact) mass is 455 g/mol. The Morgan fingerprint density at radius 1 is 1.16 bits per heavy atom. The molecule has 1 aliphatic heterocycles. The van der Waals surface area contributed by atoms with Crippen LogP contribution in [0.5, 0.6) is 0 Å². The highest BCUT2D eigenvalue weighted by atomic mass is 127. The number of aromatic nitrogens is 1. The van der Waals surface area contributed by atoms with E-state index in [2.05, 4.69) is 55.4 Å². The quantitative estimate of drug-likeness (QED) is 0.439. The number of hydrogen-bond acceptors (Lipinski definition) is 4. The number of hydrogen-bond donors (Lipinski definition) is 1. The lowest BCUT2D eigenvalue weighted by atomic mass is 10.2. The number of rotatable bonds is 3. The van der Waals surface area contributed by atoms with E-state index in [9.17, 15) is 0 Å². The van der Waals surface area contributed by atoms with Crippen molar-refractivity contribution in [3.05, 3.63) is 47.7 Å². The van der Waals surface area contributed by atoms with E-state index in [-0.39, 0.29) is 24.0 Å². The maximum Gasteiger partial charge on any atom is 0.214 e. The molecule has 1 N–H and O–H groups in total. The predicted molar refractivity (Wildman–Crippen MR) is 112 cm³/mol. The van der Waals surface area contributed by atoms with E-state index in [0.717, 1.165) is 43.6 Å². The summed E-state index contributed by atoms with van der Waals surface area (Å²) in [5.41, 5.74) is 2.23. The van der Waals surface area contributed by atoms with Gasteiger partial charge >= 0.3 is 0 Å². The summed E-state index contributed by atoms with van der Waals surface area (Å²) < 4.78 is 5.62. The minimum atomic E-state index is 0. The number of nitrogens with one attached hydrogen (secondary N) is 1. The second kappa shape index (κ2) is 9.07. The molecule has 2 aromatic rings. The van der Waals surface area contributed by atoms with Gasteiger partial charge in [-0.25, -0.2) is 4.98 Å². The van der Waals surface area contributed by atoms with Gasteiger partial charge in [-0.2, -0.15) is 0 Å². The molecule has 1 aromatic carbocycles. The van der Waals surface area contributed by atoms with Crippen molar-refractivity contribution in [2.45, 2.75) is 20.4 Å². The molecule has 6 nitrogen and oxygen atoms in total. The molecule has 0 saturated carbocycles. The molecule has 1 aromatic heterocycles. The van der Waals surface area contributed by atoms with Crippen molar-refractivity contribution in [2.24, 2.45) is 4.99 Å². The first-order chi connectivity index (χ1) is 11.7. The van der Waals surface area contributed by atoms with Crippen LogP contribution < -0.4 is 10.2 Å². The van der Waals surface area contributed by atoms with Crippen molar-refractivity contribution in [1.29, 1.82) is 0 Å². The van der Waals surface area contributed by atoms with Crippen LogP contribution in [0.4, 0.5) is 5.69 Å². The summed E-state index contributed by atoms with van der Waals surface area (Å²) >= 11 is 0. The predicted octanol–water partition coefficient (Wildman–Crippen LogP) is 2.81. The normalized spacial score (nSPS) is 15.1. The summed E-state index contributed by atoms with van der Waals surface area (Å²) in [6.45, 7) is 8.31. The van der Waals surface area contributed by atoms with Crippen molar-refractivity contribution in [3.8, 4) is 0 Å². The molecule has 136 valence electrons. The number of anilines is 1. The third kappa shape index (κ3) is 4.87. The van der Waals surface area contributed by atoms with Gasteiger partial charge in [-0.05, 0) is 26.0 Å². The molecule has 0 bridgehead atoms. The van der Waals surface area contributed by atoms with Gasteiger partial charge < -0.3 is 19.5 Å². The van der Waals surface area contributed by atoms with Gasteiger partial charge in [-0.3, -0.25) is 4.99 Å². The van der Waals surface area contributed by atoms with Gasteiger partial charge in [0.15, 0.2) is 5.96 Å². The Hall–Kier alpha value is -1.77. The zero-order valence-corrected chi connectivity index (χ0v) is 17.4. The molecule has 0 spiro atoms. The minimum Gasteiger partial charge on any atom is -0.444 e. The van der Waals surface area contributed by atoms with Gasteiger partial charge in [-0.15, -0.1) is 24.0 Å². The topological polar surface area (TPSA) is 56.9 Å². The molecular weight excluding hydrogens is 429 g/mol. The standard InChI is InChI=1S/C18H25N5O.HI/c1-14-15(2)24-17(21-14)13-20-18(19-3)23-11-9-22(10-12-23)16-7-5-4-6-8-16;/h4-8H,9-13H2,1-3H3,(H,19,20);1H. The van der Waals surface area contributed by atoms with Gasteiger partial charge in [0.2, 0.25) is 5.89 Å². The lowest BCUT2D eigenvalue weighted by molar-refractivity contribution is 0.368. The molecule has 0 unspecified atom stereocenters. The number of para-hydroxylation sites is 1. The molecule has 25 heavy (non-hydrogen) atoms. The van der Waals surface area contributed by atoms with Crippen LogP contribution in [-0.4, -0.2) is 49.1 Å². The van der Waals surface area contributed by atoms with E-state index in [1.54, 1.807) is 0 Å². The highest BCUT2D eigenvalue weighted by molar-refractivity contribution is 14.0. The van der Waals surface area contributed by atoms with E-state index >= 15 is 0 Å². The first-order valence-electron chi connectivity index (χ1n) is 8.36. The number of nitrogens with zero attached hydrogens (tertiary/aromatic N) is 4. The highest BCUT2D eigenvalue weighted by Gasteiger charge is 2.20. The molecular formula is C18H26IN5O. The van der Waals surface area contributed by atoms with Crippen molar-refractivity contribution >= 4 is 35.6 Å². The van der Waals surface area contributed by atoms with Crippen LogP contribution in [0.15, 0.2) is 39.7 Å². The molecule has 1 saturated heterocycles. The Kier molecular flexibility index (Phi) is 7.10. The second-order valence-electron chi connectivity index (χ2n) is 5.96. The van der Waals surface area contributed by atoms with E-state index in [1.165, 1.54) is 5.69 Å². The molecule has 0 amide bonds. The average molecular weight is 455 g/mol. The fourth-order valence-electron chi connectivity index (χ4n) is 2.92. The summed E-state index contributed by atoms with van der Waals surface area (Å²) in [7, 11) is 1.82. The van der Waals surface area contributed by atoms with Crippen LogP contribution in [0.25, 0.3) is 0 Å². The number of guanidine groups is 1. The zero-order valence-electron chi connectivity index (χ0n) is 15.0. The summed E-state index contributed by atoms with van der Waals surface area (Å²) in [5.74, 6) is 2.48. The third-order valence-corrected chi connectivity index (χ3v) is 4.38. The summed E-state index contributed by atoms with van der Waals surface area (Å²) in [6, 6.07) is 10.6. The summed E-state index contributed by atoms with van der Waals surface area (Å²) in [4.78, 5) is 13.5. The SMILES string of the molecule is CN=C(NCc1nc(C)c(C)o1)N1CCN(c2ccccc2)CC1.I. The maximum atomic E-state index is 5.62. The van der Waals surface area contributed by atoms with Crippen molar-refractivity contribution < 1.29 is 4.42 Å². The van der Waals surface area contributed by atoms with E-state index in [4.69, 9.17) is 4.42 Å². The average Bonchev–Trinajstić information content (AvgIpc) is 2.95. The van der Waals surface area contributed by atoms with Crippen LogP contribution in [0.1, 0.15) is 17.3 Å². The van der Waals surface area contributed by atoms with Crippen LogP contribution in [-0.2, 0) is 6.54 Å². The Labute approximate surface area is 166 Å². The van der Waals surface area contributed by atoms with Gasteiger partial charge in [0.1, 0.15) is 5.76 Å². The van der Waals surface area contributed by atoms with E-state index in [1.807, 2.05) is 20.9 Å². The largest absolute Gasteiger partial charge is 0.444 e. The van der Waals surface area contributed by atoms with Crippen LogP contribution in [0.2, 0.25) is 0 Å². The molecule has 0 aliphatic carbocycles. The molecule has 1 fully saturated rings. The summed E-state index contributed by atoms with van der Waals surface area (Å²) in [5, 5.41) is 3.35. The van der Waals surface area contributed by atoms with Gasteiger partial charge in [-0.1, -0.05) is 18.2 Å². The molecule has 0 atom stereocenters. The number of aryl methyl sites for hydroxylation is 2. The fraction of sp³-hybridized carbons (Fsp3) is 0.444. The van der Waals surface area contributed by atoms with Gasteiger partial charge in [0.25, 0.3) is 0 Å². The van der Waals surface area contributed by atoms with Gasteiger partial charge in [0, 0.05) is 38.9 Å². The molecule has 2 heterocycles. The molecule has 0 radical (unpaired) electrons. The minimum absolute atomic E-state index is 0. The number of oxazole rings is 1. The van der Waals surface area contributed by atoms with Crippen LogP contribution in [0.3, 0.4) is 0 Å². The Bertz CT molecular complexity index is 673. The number of aliphatic imine (C=N–C) groups is 1. The summed E-state index contributed by atoms with van der Waals surface area (Å²) in [6.07, 6.45) is 0. The second-order valence-corrected chi connectivity index (χ2v) is 5.96.